The Hall–Kier alpha value is -2.04. The van der Waals surface area contributed by atoms with Crippen LogP contribution < -0.4 is 0 Å². The molecule has 22 heavy (non-hydrogen) atoms. The van der Waals surface area contributed by atoms with Crippen LogP contribution in [0, 0.1) is 17.8 Å². The minimum atomic E-state index is -0.716. The van der Waals surface area contributed by atoms with Gasteiger partial charge in [0.05, 0.1) is 5.92 Å². The molecule has 0 aromatic heterocycles. The number of amides is 1. The van der Waals surface area contributed by atoms with E-state index in [-0.39, 0.29) is 30.5 Å². The van der Waals surface area contributed by atoms with E-state index in [9.17, 15) is 14.7 Å². The first-order valence-corrected chi connectivity index (χ1v) is 7.83. The fourth-order valence-corrected chi connectivity index (χ4v) is 3.80. The number of carboxylic acids is 1. The van der Waals surface area contributed by atoms with Gasteiger partial charge in [0.1, 0.15) is 6.61 Å². The highest BCUT2D eigenvalue weighted by atomic mass is 16.6. The van der Waals surface area contributed by atoms with Gasteiger partial charge >= 0.3 is 12.1 Å². The second kappa shape index (κ2) is 6.38. The summed E-state index contributed by atoms with van der Waals surface area (Å²) in [5, 5.41) is 9.39. The van der Waals surface area contributed by atoms with E-state index in [1.54, 1.807) is 4.90 Å². The third-order valence-electron chi connectivity index (χ3n) is 4.82. The van der Waals surface area contributed by atoms with E-state index in [1.807, 2.05) is 30.3 Å². The zero-order valence-corrected chi connectivity index (χ0v) is 12.5. The van der Waals surface area contributed by atoms with Crippen LogP contribution in [0.1, 0.15) is 24.8 Å². The lowest BCUT2D eigenvalue weighted by Crippen LogP contribution is -2.53. The number of hydrogen-bond donors (Lipinski definition) is 1. The lowest BCUT2D eigenvalue weighted by atomic mass is 9.69. The molecular formula is C17H21NO4. The second-order valence-corrected chi connectivity index (χ2v) is 6.26. The molecule has 5 heteroatoms. The third kappa shape index (κ3) is 3.08. The Morgan fingerprint density at radius 3 is 2.36 bits per heavy atom. The fraction of sp³-hybridized carbons (Fsp3) is 0.529. The maximum absolute atomic E-state index is 12.2. The number of nitrogens with zero attached hydrogens (tertiary/aromatic N) is 1. The largest absolute Gasteiger partial charge is 0.481 e. The SMILES string of the molecule is O=C(O)C1C2CCCC1CN(C(=O)OCc1ccccc1)C2. The number of carbonyl (C=O) groups excluding carboxylic acids is 1. The predicted octanol–water partition coefficient (Wildman–Crippen LogP) is 2.76. The average molecular weight is 303 g/mol. The predicted molar refractivity (Wildman–Crippen MR) is 80.2 cm³/mol. The first kappa shape index (κ1) is 14.9. The molecule has 1 aliphatic heterocycles. The quantitative estimate of drug-likeness (QED) is 0.932. The summed E-state index contributed by atoms with van der Waals surface area (Å²) >= 11 is 0. The Morgan fingerprint density at radius 2 is 1.77 bits per heavy atom. The van der Waals surface area contributed by atoms with Crippen LogP contribution in [0.4, 0.5) is 4.79 Å². The van der Waals surface area contributed by atoms with Crippen LogP contribution in [0.25, 0.3) is 0 Å². The van der Waals surface area contributed by atoms with Crippen LogP contribution in [0.5, 0.6) is 0 Å². The molecule has 1 N–H and O–H groups in total. The van der Waals surface area contributed by atoms with Gasteiger partial charge in [0, 0.05) is 13.1 Å². The first-order chi connectivity index (χ1) is 10.6. The van der Waals surface area contributed by atoms with Crippen LogP contribution in [0.3, 0.4) is 0 Å². The maximum Gasteiger partial charge on any atom is 0.410 e. The Labute approximate surface area is 129 Å². The molecule has 1 saturated carbocycles. The monoisotopic (exact) mass is 303 g/mol. The molecule has 5 nitrogen and oxygen atoms in total. The topological polar surface area (TPSA) is 66.8 Å². The molecule has 1 aromatic carbocycles. The molecule has 1 aliphatic carbocycles. The summed E-state index contributed by atoms with van der Waals surface area (Å²) in [4.78, 5) is 25.3. The molecule has 1 saturated heterocycles. The standard InChI is InChI=1S/C17H21NO4/c19-16(20)15-13-7-4-8-14(15)10-18(9-13)17(21)22-11-12-5-2-1-3-6-12/h1-3,5-6,13-15H,4,7-11H2,(H,19,20). The Morgan fingerprint density at radius 1 is 1.14 bits per heavy atom. The number of carbonyl (C=O) groups is 2. The van der Waals surface area contributed by atoms with Crippen molar-refractivity contribution in [3.63, 3.8) is 0 Å². The van der Waals surface area contributed by atoms with Crippen molar-refractivity contribution in [1.29, 1.82) is 0 Å². The summed E-state index contributed by atoms with van der Waals surface area (Å²) in [6, 6.07) is 9.57. The fourth-order valence-electron chi connectivity index (χ4n) is 3.80. The molecule has 0 radical (unpaired) electrons. The molecule has 3 rings (SSSR count). The van der Waals surface area contributed by atoms with E-state index in [4.69, 9.17) is 4.74 Å². The van der Waals surface area contributed by atoms with Gasteiger partial charge in [0.2, 0.25) is 0 Å². The number of aliphatic carboxylic acids is 1. The number of fused-ring (bicyclic) bond motifs is 2. The highest BCUT2D eigenvalue weighted by Crippen LogP contribution is 2.40. The zero-order chi connectivity index (χ0) is 15.5. The molecule has 2 unspecified atom stereocenters. The number of piperidine rings is 1. The van der Waals surface area contributed by atoms with Gasteiger partial charge in [-0.15, -0.1) is 0 Å². The molecule has 2 fully saturated rings. The highest BCUT2D eigenvalue weighted by molar-refractivity contribution is 5.73. The van der Waals surface area contributed by atoms with Gasteiger partial charge < -0.3 is 14.7 Å². The van der Waals surface area contributed by atoms with Crippen LogP contribution in [0.2, 0.25) is 0 Å². The van der Waals surface area contributed by atoms with Gasteiger partial charge in [-0.1, -0.05) is 36.8 Å². The van der Waals surface area contributed by atoms with Crippen molar-refractivity contribution >= 4 is 12.1 Å². The molecule has 0 spiro atoms. The second-order valence-electron chi connectivity index (χ2n) is 6.26. The van der Waals surface area contributed by atoms with Crippen LogP contribution in [0.15, 0.2) is 30.3 Å². The van der Waals surface area contributed by atoms with E-state index in [2.05, 4.69) is 0 Å². The number of hydrogen-bond acceptors (Lipinski definition) is 3. The van der Waals surface area contributed by atoms with Crippen molar-refractivity contribution in [1.82, 2.24) is 4.90 Å². The number of likely N-dealkylation sites (tertiary alicyclic amines) is 1. The molecular weight excluding hydrogens is 282 g/mol. The highest BCUT2D eigenvalue weighted by Gasteiger charge is 2.44. The summed E-state index contributed by atoms with van der Waals surface area (Å²) in [7, 11) is 0. The summed E-state index contributed by atoms with van der Waals surface area (Å²) in [5.41, 5.74) is 0.955. The van der Waals surface area contributed by atoms with Gasteiger partial charge in [0.25, 0.3) is 0 Å². The van der Waals surface area contributed by atoms with Gasteiger partial charge in [-0.25, -0.2) is 4.79 Å². The number of rotatable bonds is 3. The van der Waals surface area contributed by atoms with Gasteiger partial charge in [0.15, 0.2) is 0 Å². The van der Waals surface area contributed by atoms with Gasteiger partial charge in [-0.05, 0) is 30.2 Å². The Bertz CT molecular complexity index is 531. The van der Waals surface area contributed by atoms with E-state index in [1.165, 1.54) is 0 Å². The van der Waals surface area contributed by atoms with Crippen molar-refractivity contribution < 1.29 is 19.4 Å². The lowest BCUT2D eigenvalue weighted by Gasteiger charge is -2.44. The van der Waals surface area contributed by atoms with Crippen molar-refractivity contribution in [2.75, 3.05) is 13.1 Å². The summed E-state index contributed by atoms with van der Waals surface area (Å²) in [6.07, 6.45) is 2.50. The summed E-state index contributed by atoms with van der Waals surface area (Å²) < 4.78 is 5.37. The third-order valence-corrected chi connectivity index (χ3v) is 4.82. The molecule has 2 atom stereocenters. The maximum atomic E-state index is 12.2. The Balaban J connectivity index is 1.59. The number of benzene rings is 1. The van der Waals surface area contributed by atoms with Crippen LogP contribution in [-0.2, 0) is 16.1 Å². The van der Waals surface area contributed by atoms with Crippen molar-refractivity contribution in [2.45, 2.75) is 25.9 Å². The van der Waals surface area contributed by atoms with Gasteiger partial charge in [-0.2, -0.15) is 0 Å². The minimum absolute atomic E-state index is 0.0641. The van der Waals surface area contributed by atoms with Crippen molar-refractivity contribution in [2.24, 2.45) is 17.8 Å². The molecule has 118 valence electrons. The van der Waals surface area contributed by atoms with Gasteiger partial charge in [-0.3, -0.25) is 4.79 Å². The number of carboxylic acid groups (broad SMARTS) is 1. The smallest absolute Gasteiger partial charge is 0.410 e. The van der Waals surface area contributed by atoms with E-state index < -0.39 is 5.97 Å². The van der Waals surface area contributed by atoms with E-state index in [0.29, 0.717) is 13.1 Å². The number of ether oxygens (including phenoxy) is 1. The van der Waals surface area contributed by atoms with Crippen LogP contribution >= 0.6 is 0 Å². The Kier molecular flexibility index (Phi) is 4.32. The first-order valence-electron chi connectivity index (χ1n) is 7.83. The molecule has 1 heterocycles. The summed E-state index contributed by atoms with van der Waals surface area (Å²) in [5.74, 6) is -0.887. The van der Waals surface area contributed by atoms with E-state index >= 15 is 0 Å². The van der Waals surface area contributed by atoms with Crippen LogP contribution in [-0.4, -0.2) is 35.2 Å². The lowest BCUT2D eigenvalue weighted by molar-refractivity contribution is -0.150. The normalized spacial score (nSPS) is 27.3. The average Bonchev–Trinajstić information content (AvgIpc) is 2.52. The molecule has 1 aromatic rings. The zero-order valence-electron chi connectivity index (χ0n) is 12.5. The molecule has 2 aliphatic rings. The van der Waals surface area contributed by atoms with Crippen molar-refractivity contribution in [3.05, 3.63) is 35.9 Å². The molecule has 1 amide bonds. The van der Waals surface area contributed by atoms with E-state index in [0.717, 1.165) is 24.8 Å². The molecule has 2 bridgehead atoms. The van der Waals surface area contributed by atoms with Crippen molar-refractivity contribution in [3.8, 4) is 0 Å². The minimum Gasteiger partial charge on any atom is -0.481 e. The summed E-state index contributed by atoms with van der Waals surface area (Å²) in [6.45, 7) is 1.26.